The standard InChI is InChI=1S/C18H26N2O/c1-14-5-2-3-12-20(14)18(21)17-7-4-6-16(13-17)15-8-10-19-11-9-15/h4,6-7,13-15,19H,2-3,5,8-12H2,1H3. The number of rotatable bonds is 2. The summed E-state index contributed by atoms with van der Waals surface area (Å²) in [6.45, 7) is 5.27. The summed E-state index contributed by atoms with van der Waals surface area (Å²) in [6.07, 6.45) is 5.89. The first-order chi connectivity index (χ1) is 10.3. The Balaban J connectivity index is 1.76. The van der Waals surface area contributed by atoms with E-state index >= 15 is 0 Å². The first kappa shape index (κ1) is 14.6. The molecule has 21 heavy (non-hydrogen) atoms. The van der Waals surface area contributed by atoms with Crippen molar-refractivity contribution in [3.05, 3.63) is 35.4 Å². The first-order valence-corrected chi connectivity index (χ1v) is 8.37. The molecule has 0 saturated carbocycles. The number of carbonyl (C=O) groups excluding carboxylic acids is 1. The molecule has 1 atom stereocenters. The van der Waals surface area contributed by atoms with Gasteiger partial charge in [0.25, 0.3) is 5.91 Å². The van der Waals surface area contributed by atoms with E-state index in [-0.39, 0.29) is 5.91 Å². The van der Waals surface area contributed by atoms with Gasteiger partial charge in [-0.15, -0.1) is 0 Å². The molecule has 1 aromatic rings. The lowest BCUT2D eigenvalue weighted by atomic mass is 9.89. The molecule has 3 rings (SSSR count). The Morgan fingerprint density at radius 2 is 2.00 bits per heavy atom. The van der Waals surface area contributed by atoms with Gasteiger partial charge < -0.3 is 10.2 Å². The second-order valence-corrected chi connectivity index (χ2v) is 6.49. The van der Waals surface area contributed by atoms with Gasteiger partial charge in [-0.05, 0) is 75.7 Å². The highest BCUT2D eigenvalue weighted by Crippen LogP contribution is 2.27. The predicted molar refractivity (Wildman–Crippen MR) is 85.6 cm³/mol. The van der Waals surface area contributed by atoms with Gasteiger partial charge in [-0.1, -0.05) is 12.1 Å². The molecule has 3 heteroatoms. The van der Waals surface area contributed by atoms with Crippen LogP contribution in [0.4, 0.5) is 0 Å². The average molecular weight is 286 g/mol. The Morgan fingerprint density at radius 1 is 1.19 bits per heavy atom. The second-order valence-electron chi connectivity index (χ2n) is 6.49. The minimum atomic E-state index is 0.220. The van der Waals surface area contributed by atoms with Crippen LogP contribution in [-0.4, -0.2) is 36.5 Å². The number of amides is 1. The number of likely N-dealkylation sites (tertiary alicyclic amines) is 1. The normalized spacial score (nSPS) is 24.0. The van der Waals surface area contributed by atoms with E-state index in [1.807, 2.05) is 6.07 Å². The van der Waals surface area contributed by atoms with Gasteiger partial charge >= 0.3 is 0 Å². The molecule has 3 nitrogen and oxygen atoms in total. The van der Waals surface area contributed by atoms with Gasteiger partial charge in [0.1, 0.15) is 0 Å². The molecule has 0 aliphatic carbocycles. The second kappa shape index (κ2) is 6.61. The van der Waals surface area contributed by atoms with Gasteiger partial charge in [0.05, 0.1) is 0 Å². The predicted octanol–water partition coefficient (Wildman–Crippen LogP) is 3.17. The molecule has 2 fully saturated rings. The number of hydrogen-bond donors (Lipinski definition) is 1. The maximum Gasteiger partial charge on any atom is 0.254 e. The number of benzene rings is 1. The van der Waals surface area contributed by atoms with Gasteiger partial charge in [-0.2, -0.15) is 0 Å². The molecule has 1 aromatic carbocycles. The molecule has 2 aliphatic heterocycles. The van der Waals surface area contributed by atoms with E-state index in [9.17, 15) is 4.79 Å². The number of carbonyl (C=O) groups is 1. The van der Waals surface area contributed by atoms with Crippen molar-refractivity contribution in [1.82, 2.24) is 10.2 Å². The van der Waals surface area contributed by atoms with Crippen molar-refractivity contribution in [2.75, 3.05) is 19.6 Å². The van der Waals surface area contributed by atoms with Gasteiger partial charge in [0.15, 0.2) is 0 Å². The van der Waals surface area contributed by atoms with Gasteiger partial charge in [-0.3, -0.25) is 4.79 Å². The molecule has 0 spiro atoms. The van der Waals surface area contributed by atoms with Crippen LogP contribution in [0, 0.1) is 0 Å². The summed E-state index contributed by atoms with van der Waals surface area (Å²) < 4.78 is 0. The molecule has 0 bridgehead atoms. The number of nitrogens with one attached hydrogen (secondary N) is 1. The molecule has 2 aliphatic rings. The van der Waals surface area contributed by atoms with Gasteiger partial charge in [0.2, 0.25) is 0 Å². The fraction of sp³-hybridized carbons (Fsp3) is 0.611. The minimum absolute atomic E-state index is 0.220. The van der Waals surface area contributed by atoms with Gasteiger partial charge in [0, 0.05) is 18.2 Å². The zero-order valence-electron chi connectivity index (χ0n) is 13.0. The highest BCUT2D eigenvalue weighted by molar-refractivity contribution is 5.94. The zero-order chi connectivity index (χ0) is 14.7. The van der Waals surface area contributed by atoms with Crippen LogP contribution in [-0.2, 0) is 0 Å². The lowest BCUT2D eigenvalue weighted by Gasteiger charge is -2.33. The Kier molecular flexibility index (Phi) is 4.59. The van der Waals surface area contributed by atoms with Crippen LogP contribution in [0.1, 0.15) is 60.9 Å². The van der Waals surface area contributed by atoms with Crippen molar-refractivity contribution < 1.29 is 4.79 Å². The summed E-state index contributed by atoms with van der Waals surface area (Å²) in [6, 6.07) is 8.74. The maximum atomic E-state index is 12.8. The monoisotopic (exact) mass is 286 g/mol. The van der Waals surface area contributed by atoms with Crippen molar-refractivity contribution in [2.24, 2.45) is 0 Å². The summed E-state index contributed by atoms with van der Waals surface area (Å²) in [5.41, 5.74) is 2.21. The molecule has 114 valence electrons. The smallest absolute Gasteiger partial charge is 0.254 e. The first-order valence-electron chi connectivity index (χ1n) is 8.37. The van der Waals surface area contributed by atoms with E-state index in [0.717, 1.165) is 38.0 Å². The lowest BCUT2D eigenvalue weighted by molar-refractivity contribution is 0.0635. The van der Waals surface area contributed by atoms with Crippen molar-refractivity contribution in [1.29, 1.82) is 0 Å². The molecule has 2 saturated heterocycles. The van der Waals surface area contributed by atoms with Crippen molar-refractivity contribution in [3.63, 3.8) is 0 Å². The van der Waals surface area contributed by atoms with Crippen LogP contribution in [0.25, 0.3) is 0 Å². The van der Waals surface area contributed by atoms with Crippen LogP contribution >= 0.6 is 0 Å². The quantitative estimate of drug-likeness (QED) is 0.905. The van der Waals surface area contributed by atoms with E-state index in [4.69, 9.17) is 0 Å². The molecule has 1 unspecified atom stereocenters. The minimum Gasteiger partial charge on any atom is -0.336 e. The van der Waals surface area contributed by atoms with E-state index < -0.39 is 0 Å². The van der Waals surface area contributed by atoms with E-state index in [2.05, 4.69) is 35.3 Å². The van der Waals surface area contributed by atoms with E-state index in [1.54, 1.807) is 0 Å². The van der Waals surface area contributed by atoms with Crippen molar-refractivity contribution in [3.8, 4) is 0 Å². The SMILES string of the molecule is CC1CCCCN1C(=O)c1cccc(C2CCNCC2)c1. The van der Waals surface area contributed by atoms with Crippen LogP contribution in [0.2, 0.25) is 0 Å². The molecule has 1 N–H and O–H groups in total. The van der Waals surface area contributed by atoms with Crippen LogP contribution in [0.5, 0.6) is 0 Å². The average Bonchev–Trinajstić information content (AvgIpc) is 2.56. The molecule has 0 aromatic heterocycles. The molecular weight excluding hydrogens is 260 g/mol. The Bertz CT molecular complexity index is 494. The fourth-order valence-electron chi connectivity index (χ4n) is 3.65. The number of hydrogen-bond acceptors (Lipinski definition) is 2. The Labute approximate surface area is 127 Å². The van der Waals surface area contributed by atoms with Crippen LogP contribution in [0.3, 0.4) is 0 Å². The van der Waals surface area contributed by atoms with E-state index in [0.29, 0.717) is 12.0 Å². The third-order valence-corrected chi connectivity index (χ3v) is 5.01. The van der Waals surface area contributed by atoms with Gasteiger partial charge in [-0.25, -0.2) is 0 Å². The van der Waals surface area contributed by atoms with Crippen LogP contribution in [0.15, 0.2) is 24.3 Å². The Hall–Kier alpha value is -1.35. The highest BCUT2D eigenvalue weighted by Gasteiger charge is 2.25. The van der Waals surface area contributed by atoms with E-state index in [1.165, 1.54) is 24.8 Å². The van der Waals surface area contributed by atoms with Crippen molar-refractivity contribution >= 4 is 5.91 Å². The summed E-state index contributed by atoms with van der Waals surface area (Å²) in [7, 11) is 0. The van der Waals surface area contributed by atoms with Crippen LogP contribution < -0.4 is 5.32 Å². The third kappa shape index (κ3) is 3.29. The fourth-order valence-corrected chi connectivity index (χ4v) is 3.65. The summed E-state index contributed by atoms with van der Waals surface area (Å²) in [5.74, 6) is 0.829. The Morgan fingerprint density at radius 3 is 2.76 bits per heavy atom. The number of piperidine rings is 2. The summed E-state index contributed by atoms with van der Waals surface area (Å²) >= 11 is 0. The molecule has 2 heterocycles. The highest BCUT2D eigenvalue weighted by atomic mass is 16.2. The molecular formula is C18H26N2O. The molecule has 1 amide bonds. The zero-order valence-corrected chi connectivity index (χ0v) is 13.0. The largest absolute Gasteiger partial charge is 0.336 e. The lowest BCUT2D eigenvalue weighted by Crippen LogP contribution is -2.42. The topological polar surface area (TPSA) is 32.3 Å². The summed E-state index contributed by atoms with van der Waals surface area (Å²) in [5, 5.41) is 3.40. The third-order valence-electron chi connectivity index (χ3n) is 5.01. The maximum absolute atomic E-state index is 12.8. The summed E-state index contributed by atoms with van der Waals surface area (Å²) in [4.78, 5) is 14.8. The number of nitrogens with zero attached hydrogens (tertiary/aromatic N) is 1. The molecule has 0 radical (unpaired) electrons. The van der Waals surface area contributed by atoms with Crippen molar-refractivity contribution in [2.45, 2.75) is 51.0 Å².